The maximum absolute atomic E-state index is 14.4. The summed E-state index contributed by atoms with van der Waals surface area (Å²) in [6.07, 6.45) is 20.1. The number of ether oxygens (including phenoxy) is 1. The van der Waals surface area contributed by atoms with Crippen LogP contribution in [-0.2, 0) is 21.4 Å². The molecular weight excluding hydrogens is 985 g/mol. The SMILES string of the molecule is CC(C)[C@@H](C(=O)N1C[C@H](O)C[C@H]1C(=O)N[C@@H](C)c1ccc(-c2ccnn2C)cc1)c1cc(N2CCC(CN3CCC(O[C@H]4C[C@H](N5CCC(C/C=C/c6cn7cc(-c8ccccc8O)nc7nc6N)CC5)C4)CC3)CC2)no1. The molecule has 4 aliphatic heterocycles. The van der Waals surface area contributed by atoms with E-state index in [1.807, 2.05) is 97.8 Å². The smallest absolute Gasteiger partial charge is 0.243 e. The van der Waals surface area contributed by atoms with Gasteiger partial charge in [0.25, 0.3) is 0 Å². The average Bonchev–Trinajstić information content (AvgIpc) is 4.29. The lowest BCUT2D eigenvalue weighted by Crippen LogP contribution is -2.52. The van der Waals surface area contributed by atoms with Crippen LogP contribution >= 0.6 is 0 Å². The molecule has 5 fully saturated rings. The van der Waals surface area contributed by atoms with Gasteiger partial charge >= 0.3 is 0 Å². The Labute approximate surface area is 457 Å². The maximum Gasteiger partial charge on any atom is 0.243 e. The number of aryl methyl sites for hydroxylation is 1. The number of nitrogens with zero attached hydrogens (tertiary/aromatic N) is 10. The van der Waals surface area contributed by atoms with Crippen molar-refractivity contribution in [3.63, 3.8) is 0 Å². The van der Waals surface area contributed by atoms with Crippen molar-refractivity contribution in [1.29, 1.82) is 0 Å². The number of carbonyl (C=O) groups excluding carboxylic acids is 2. The van der Waals surface area contributed by atoms with Crippen LogP contribution < -0.4 is 16.0 Å². The van der Waals surface area contributed by atoms with Crippen LogP contribution in [0, 0.1) is 17.8 Å². The third-order valence-corrected chi connectivity index (χ3v) is 17.6. The van der Waals surface area contributed by atoms with Gasteiger partial charge in [-0.2, -0.15) is 10.1 Å². The predicted molar refractivity (Wildman–Crippen MR) is 300 cm³/mol. The Morgan fingerprint density at radius 2 is 1.63 bits per heavy atom. The lowest BCUT2D eigenvalue weighted by atomic mass is 9.84. The third-order valence-electron chi connectivity index (χ3n) is 17.6. The molecule has 11 rings (SSSR count). The number of phenolic OH excluding ortho intramolecular Hbond substituents is 1. The highest BCUT2D eigenvalue weighted by atomic mass is 16.5. The standard InChI is InChI=1S/C60H78N12O6/c1-38(2)56(59(76)72-36-46(73)32-52(72)58(75)63-39(3)42-12-14-43(15-13-42)51-16-23-62-67(51)4)54-33-55(66-78-54)70-28-19-41(20-29-70)34-68-24-21-47(22-25-68)77-48-30-45(31-48)69-26-17-40(18-27-69)8-7-9-44-35-71-37-50(64-60(71)65-57(44)61)49-10-5-6-11-53(49)74/h5-7,9-16,23,33,35,37-41,45-48,52,56,73-74H,8,17-22,24-32,34,36H2,1-4H3,(H,63,75)(H2,61,64,65)/b9-7+/t39-,45-,46+,48-,52-,56+/m0/s1. The number of carbonyl (C=O) groups is 2. The van der Waals surface area contributed by atoms with Gasteiger partial charge in [0.1, 0.15) is 23.5 Å². The number of rotatable bonds is 17. The number of aromatic hydroxyl groups is 1. The topological polar surface area (TPSA) is 209 Å². The van der Waals surface area contributed by atoms with Crippen LogP contribution in [-0.4, -0.2) is 149 Å². The van der Waals surface area contributed by atoms with Crippen LogP contribution in [0.5, 0.6) is 5.75 Å². The molecule has 18 nitrogen and oxygen atoms in total. The summed E-state index contributed by atoms with van der Waals surface area (Å²) < 4.78 is 16.3. The number of nitrogen functional groups attached to an aromatic ring is 1. The van der Waals surface area contributed by atoms with E-state index in [0.717, 1.165) is 119 Å². The Balaban J connectivity index is 0.577. The maximum atomic E-state index is 14.4. The van der Waals surface area contributed by atoms with Gasteiger partial charge < -0.3 is 50.1 Å². The predicted octanol–water partition coefficient (Wildman–Crippen LogP) is 7.70. The lowest BCUT2D eigenvalue weighted by Gasteiger charge is -2.47. The lowest BCUT2D eigenvalue weighted by molar-refractivity contribution is -0.141. The number of nitrogens with two attached hydrogens (primary N) is 1. The van der Waals surface area contributed by atoms with Crippen molar-refractivity contribution < 1.29 is 29.1 Å². The largest absolute Gasteiger partial charge is 0.507 e. The molecule has 1 saturated carbocycles. The molecule has 8 heterocycles. The van der Waals surface area contributed by atoms with E-state index in [9.17, 15) is 19.8 Å². The summed E-state index contributed by atoms with van der Waals surface area (Å²) in [7, 11) is 1.90. The molecule has 4 saturated heterocycles. The molecule has 0 unspecified atom stereocenters. The minimum atomic E-state index is -0.798. The van der Waals surface area contributed by atoms with Crippen molar-refractivity contribution in [3.05, 3.63) is 102 Å². The average molecular weight is 1060 g/mol. The van der Waals surface area contributed by atoms with E-state index >= 15 is 0 Å². The van der Waals surface area contributed by atoms with Crippen molar-refractivity contribution in [2.75, 3.05) is 63.0 Å². The number of amides is 2. The number of aliphatic hydroxyl groups is 1. The van der Waals surface area contributed by atoms with Crippen LogP contribution in [0.15, 0.2) is 89.9 Å². The van der Waals surface area contributed by atoms with E-state index in [1.54, 1.807) is 23.2 Å². The number of β-amino-alcohol motifs (C(OH)–C–C–N with tert-alkyl or cyclic N) is 1. The summed E-state index contributed by atoms with van der Waals surface area (Å²) in [5, 5.41) is 32.9. The molecule has 4 aromatic heterocycles. The molecule has 5 aliphatic rings. The number of fused-ring (bicyclic) bond motifs is 1. The molecule has 2 amide bonds. The number of aromatic nitrogens is 6. The molecule has 414 valence electrons. The Hall–Kier alpha value is -6.60. The number of benzene rings is 2. The number of para-hydroxylation sites is 1. The Bertz CT molecular complexity index is 3030. The zero-order valence-electron chi connectivity index (χ0n) is 45.7. The second-order valence-electron chi connectivity index (χ2n) is 23.3. The third kappa shape index (κ3) is 11.9. The number of phenols is 1. The van der Waals surface area contributed by atoms with Gasteiger partial charge in [0.2, 0.25) is 17.6 Å². The molecule has 4 atom stereocenters. The first-order valence-electron chi connectivity index (χ1n) is 28.6. The van der Waals surface area contributed by atoms with Crippen molar-refractivity contribution in [2.45, 2.75) is 127 Å². The van der Waals surface area contributed by atoms with Crippen molar-refractivity contribution >= 4 is 35.3 Å². The molecule has 1 aliphatic carbocycles. The summed E-state index contributed by atoms with van der Waals surface area (Å²) in [5.41, 5.74) is 11.5. The van der Waals surface area contributed by atoms with Gasteiger partial charge in [0.15, 0.2) is 11.6 Å². The van der Waals surface area contributed by atoms with Gasteiger partial charge in [-0.3, -0.25) is 18.7 Å². The van der Waals surface area contributed by atoms with E-state index in [4.69, 9.17) is 15.0 Å². The van der Waals surface area contributed by atoms with E-state index in [-0.39, 0.29) is 42.5 Å². The molecule has 0 spiro atoms. The van der Waals surface area contributed by atoms with Crippen LogP contribution in [0.2, 0.25) is 0 Å². The minimum absolute atomic E-state index is 0.0890. The van der Waals surface area contributed by atoms with E-state index in [2.05, 4.69) is 52.4 Å². The number of allylic oxidation sites excluding steroid dienone is 1. The zero-order chi connectivity index (χ0) is 54.0. The van der Waals surface area contributed by atoms with Crippen LogP contribution in [0.4, 0.5) is 11.6 Å². The van der Waals surface area contributed by atoms with Gasteiger partial charge in [-0.25, -0.2) is 4.98 Å². The number of likely N-dealkylation sites (tertiary alicyclic amines) is 3. The van der Waals surface area contributed by atoms with Gasteiger partial charge in [-0.1, -0.05) is 67.6 Å². The van der Waals surface area contributed by atoms with Crippen molar-refractivity contribution in [2.24, 2.45) is 24.8 Å². The van der Waals surface area contributed by atoms with Gasteiger partial charge in [0, 0.05) is 94.6 Å². The highest BCUT2D eigenvalue weighted by Crippen LogP contribution is 2.37. The number of piperidine rings is 3. The molecule has 6 aromatic rings. The molecular formula is C60H78N12O6. The Kier molecular flexibility index (Phi) is 16.0. The Morgan fingerprint density at radius 3 is 2.35 bits per heavy atom. The van der Waals surface area contributed by atoms with Gasteiger partial charge in [-0.05, 0) is 125 Å². The first kappa shape index (κ1) is 53.4. The molecule has 0 radical (unpaired) electrons. The highest BCUT2D eigenvalue weighted by Gasteiger charge is 2.44. The minimum Gasteiger partial charge on any atom is -0.507 e. The summed E-state index contributed by atoms with van der Waals surface area (Å²) >= 11 is 0. The van der Waals surface area contributed by atoms with E-state index < -0.39 is 18.1 Å². The Morgan fingerprint density at radius 1 is 0.885 bits per heavy atom. The van der Waals surface area contributed by atoms with Gasteiger partial charge in [-0.15, -0.1) is 0 Å². The van der Waals surface area contributed by atoms with E-state index in [1.165, 1.54) is 12.8 Å². The van der Waals surface area contributed by atoms with Crippen LogP contribution in [0.25, 0.3) is 34.4 Å². The summed E-state index contributed by atoms with van der Waals surface area (Å²) in [6.45, 7) is 13.3. The second kappa shape index (κ2) is 23.4. The number of aliphatic hydroxyl groups excluding tert-OH is 1. The fraction of sp³-hybridized carbons (Fsp3) is 0.533. The summed E-state index contributed by atoms with van der Waals surface area (Å²) in [6, 6.07) is 18.6. The van der Waals surface area contributed by atoms with Gasteiger partial charge in [0.05, 0.1) is 35.7 Å². The number of imidazole rings is 1. The van der Waals surface area contributed by atoms with E-state index in [0.29, 0.717) is 58.7 Å². The highest BCUT2D eigenvalue weighted by molar-refractivity contribution is 5.91. The zero-order valence-corrected chi connectivity index (χ0v) is 45.7. The second-order valence-corrected chi connectivity index (χ2v) is 23.3. The molecule has 0 bridgehead atoms. The summed E-state index contributed by atoms with van der Waals surface area (Å²) in [4.78, 5) is 46.5. The molecule has 5 N–H and O–H groups in total. The quantitative estimate of drug-likeness (QED) is 0.0691. The molecule has 2 aromatic carbocycles. The normalized spacial score (nSPS) is 23.2. The number of anilines is 2. The first-order chi connectivity index (χ1) is 37.8. The molecule has 78 heavy (non-hydrogen) atoms. The van der Waals surface area contributed by atoms with Crippen LogP contribution in [0.1, 0.15) is 114 Å². The fourth-order valence-electron chi connectivity index (χ4n) is 12.8. The van der Waals surface area contributed by atoms with Crippen LogP contribution in [0.3, 0.4) is 0 Å². The number of hydrogen-bond acceptors (Lipinski definition) is 14. The fourth-order valence-corrected chi connectivity index (χ4v) is 12.8. The van der Waals surface area contributed by atoms with Crippen molar-refractivity contribution in [1.82, 2.24) is 49.3 Å². The monoisotopic (exact) mass is 1060 g/mol. The number of nitrogens with one attached hydrogen (secondary N) is 1. The summed E-state index contributed by atoms with van der Waals surface area (Å²) in [5.74, 6) is 2.37. The first-order valence-corrected chi connectivity index (χ1v) is 28.6. The number of hydrogen-bond donors (Lipinski definition) is 4. The molecule has 18 heteroatoms. The van der Waals surface area contributed by atoms with Crippen molar-refractivity contribution in [3.8, 4) is 28.3 Å².